The minimum Gasteiger partial charge on any atom is -0.461 e. The van der Waals surface area contributed by atoms with Crippen LogP contribution in [0.2, 0.25) is 0 Å². The summed E-state index contributed by atoms with van der Waals surface area (Å²) < 4.78 is 19.4. The van der Waals surface area contributed by atoms with Crippen LogP contribution in [-0.4, -0.2) is 24.0 Å². The van der Waals surface area contributed by atoms with Crippen molar-refractivity contribution < 1.29 is 19.0 Å². The molecule has 2 aliphatic rings. The molecule has 1 aliphatic carbocycles. The van der Waals surface area contributed by atoms with Crippen molar-refractivity contribution in [2.45, 2.75) is 225 Å². The molecule has 4 heteroatoms. The van der Waals surface area contributed by atoms with Gasteiger partial charge < -0.3 is 14.2 Å². The summed E-state index contributed by atoms with van der Waals surface area (Å²) in [5, 5.41) is 0. The lowest BCUT2D eigenvalue weighted by Gasteiger charge is -2.35. The highest BCUT2D eigenvalue weighted by Gasteiger charge is 2.48. The number of benzene rings is 1. The number of carbonyl (C=O) groups excluding carboxylic acids is 1. The van der Waals surface area contributed by atoms with Gasteiger partial charge in [-0.25, -0.2) is 0 Å². The zero-order chi connectivity index (χ0) is 38.9. The van der Waals surface area contributed by atoms with E-state index in [1.807, 2.05) is 30.3 Å². The molecule has 1 aromatic carbocycles. The van der Waals surface area contributed by atoms with E-state index in [1.54, 1.807) is 0 Å². The van der Waals surface area contributed by atoms with Gasteiger partial charge in [0.25, 0.3) is 0 Å². The van der Waals surface area contributed by atoms with Crippen molar-refractivity contribution in [3.63, 3.8) is 0 Å². The average Bonchev–Trinajstić information content (AvgIpc) is 3.54. The minimum absolute atomic E-state index is 0.0866. The minimum atomic E-state index is -0.451. The molecule has 2 atom stereocenters. The smallest absolute Gasteiger partial charge is 0.306 e. The molecule has 1 saturated carbocycles. The molecule has 1 aromatic rings. The van der Waals surface area contributed by atoms with Crippen LogP contribution in [0.4, 0.5) is 0 Å². The standard InChI is InChI=1S/C51H82O4/c1-3-5-7-9-11-13-15-17-19-21-23-25-27-29-34-38-48-49(39-35-30-28-26-24-22-20-18-16-14-12-10-8-6-4-2)55-51(54-48)42-40-46(41-43-51)44-50(52)53-45-47-36-32-31-33-37-47/h11-14,17-20,31-33,36-37,46,48-49H,3-10,15-16,21-30,34-35,38-45H2,1-2H3/b13-11-,14-12-,19-17-,20-18-. The van der Waals surface area contributed by atoms with E-state index in [9.17, 15) is 4.79 Å². The SMILES string of the molecule is CCCCC/C=C\C/C=C\CCCCCCCC1OC2(CCC(CC(=O)OCc3ccccc3)CC2)OC1CCCCCCC/C=C\C/C=C\CCCCC. The van der Waals surface area contributed by atoms with Crippen molar-refractivity contribution in [1.29, 1.82) is 0 Å². The van der Waals surface area contributed by atoms with E-state index in [2.05, 4.69) is 62.5 Å². The molecule has 2 fully saturated rings. The summed E-state index contributed by atoms with van der Waals surface area (Å²) in [6, 6.07) is 9.96. The molecule has 1 saturated heterocycles. The second kappa shape index (κ2) is 31.6. The molecule has 0 N–H and O–H groups in total. The van der Waals surface area contributed by atoms with Crippen molar-refractivity contribution >= 4 is 5.97 Å². The fraction of sp³-hybridized carbons (Fsp3) is 0.706. The maximum Gasteiger partial charge on any atom is 0.306 e. The molecule has 0 radical (unpaired) electrons. The Labute approximate surface area is 339 Å². The summed E-state index contributed by atoms with van der Waals surface area (Å²) in [4.78, 5) is 12.6. The van der Waals surface area contributed by atoms with Gasteiger partial charge in [-0.3, -0.25) is 4.79 Å². The maximum atomic E-state index is 12.6. The van der Waals surface area contributed by atoms with Crippen LogP contribution in [0.15, 0.2) is 78.9 Å². The van der Waals surface area contributed by atoms with Gasteiger partial charge in [0, 0.05) is 19.3 Å². The van der Waals surface area contributed by atoms with Crippen molar-refractivity contribution in [2.24, 2.45) is 5.92 Å². The van der Waals surface area contributed by atoms with E-state index >= 15 is 0 Å². The Morgan fingerprint density at radius 1 is 0.600 bits per heavy atom. The van der Waals surface area contributed by atoms with E-state index < -0.39 is 5.79 Å². The van der Waals surface area contributed by atoms with Gasteiger partial charge in [-0.05, 0) is 101 Å². The molecule has 2 unspecified atom stereocenters. The summed E-state index contributed by atoms with van der Waals surface area (Å²) in [6.07, 6.45) is 53.4. The quantitative estimate of drug-likeness (QED) is 0.0417. The first-order valence-corrected chi connectivity index (χ1v) is 23.3. The van der Waals surface area contributed by atoms with Crippen molar-refractivity contribution in [3.05, 3.63) is 84.5 Å². The molecular weight excluding hydrogens is 677 g/mol. The Morgan fingerprint density at radius 3 is 1.51 bits per heavy atom. The van der Waals surface area contributed by atoms with Crippen LogP contribution in [0.1, 0.15) is 206 Å². The number of esters is 1. The van der Waals surface area contributed by atoms with Crippen molar-refractivity contribution in [3.8, 4) is 0 Å². The monoisotopic (exact) mass is 759 g/mol. The van der Waals surface area contributed by atoms with Crippen LogP contribution in [0.5, 0.6) is 0 Å². The number of hydrogen-bond donors (Lipinski definition) is 0. The van der Waals surface area contributed by atoms with Crippen LogP contribution in [0.25, 0.3) is 0 Å². The van der Waals surface area contributed by atoms with Crippen LogP contribution in [0.3, 0.4) is 0 Å². The first kappa shape index (κ1) is 46.9. The van der Waals surface area contributed by atoms with Gasteiger partial charge in [0.15, 0.2) is 5.79 Å². The van der Waals surface area contributed by atoms with Crippen LogP contribution >= 0.6 is 0 Å². The fourth-order valence-corrected chi connectivity index (χ4v) is 8.12. The van der Waals surface area contributed by atoms with E-state index in [-0.39, 0.29) is 18.2 Å². The molecule has 1 spiro atoms. The Balaban J connectivity index is 1.33. The molecule has 1 aliphatic heterocycles. The molecular formula is C51H82O4. The van der Waals surface area contributed by atoms with Crippen LogP contribution in [0, 0.1) is 5.92 Å². The van der Waals surface area contributed by atoms with Crippen molar-refractivity contribution in [1.82, 2.24) is 0 Å². The second-order valence-corrected chi connectivity index (χ2v) is 16.6. The molecule has 55 heavy (non-hydrogen) atoms. The predicted octanol–water partition coefficient (Wildman–Crippen LogP) is 15.4. The van der Waals surface area contributed by atoms with Gasteiger partial charge in [0.05, 0.1) is 12.2 Å². The van der Waals surface area contributed by atoms with E-state index in [1.165, 1.54) is 128 Å². The Bertz CT molecular complexity index is 1120. The summed E-state index contributed by atoms with van der Waals surface area (Å²) in [6.45, 7) is 4.88. The van der Waals surface area contributed by atoms with E-state index in [4.69, 9.17) is 14.2 Å². The van der Waals surface area contributed by atoms with Crippen molar-refractivity contribution in [2.75, 3.05) is 0 Å². The molecule has 3 rings (SSSR count). The Morgan fingerprint density at radius 2 is 1.04 bits per heavy atom. The summed E-state index contributed by atoms with van der Waals surface area (Å²) in [7, 11) is 0. The Kier molecular flexibility index (Phi) is 27.0. The van der Waals surface area contributed by atoms with E-state index in [0.717, 1.165) is 56.9 Å². The van der Waals surface area contributed by atoms with Gasteiger partial charge in [0.1, 0.15) is 6.61 Å². The number of rotatable bonds is 32. The van der Waals surface area contributed by atoms with Gasteiger partial charge in [0.2, 0.25) is 0 Å². The molecule has 0 bridgehead atoms. The highest BCUT2D eigenvalue weighted by Crippen LogP contribution is 2.45. The van der Waals surface area contributed by atoms with Gasteiger partial charge in [-0.1, -0.05) is 170 Å². The summed E-state index contributed by atoms with van der Waals surface area (Å²) in [5.74, 6) is -0.188. The topological polar surface area (TPSA) is 44.8 Å². The second-order valence-electron chi connectivity index (χ2n) is 16.6. The summed E-state index contributed by atoms with van der Waals surface area (Å²) in [5.41, 5.74) is 1.04. The molecule has 1 heterocycles. The van der Waals surface area contributed by atoms with Crippen LogP contribution < -0.4 is 0 Å². The first-order valence-electron chi connectivity index (χ1n) is 23.3. The number of unbranched alkanes of at least 4 members (excludes halogenated alkanes) is 16. The average molecular weight is 759 g/mol. The number of hydrogen-bond acceptors (Lipinski definition) is 4. The zero-order valence-electron chi connectivity index (χ0n) is 35.6. The molecule has 310 valence electrons. The highest BCUT2D eigenvalue weighted by molar-refractivity contribution is 5.69. The number of carbonyl (C=O) groups is 1. The lowest BCUT2D eigenvalue weighted by atomic mass is 9.83. The molecule has 0 aromatic heterocycles. The lowest BCUT2D eigenvalue weighted by molar-refractivity contribution is -0.201. The van der Waals surface area contributed by atoms with E-state index in [0.29, 0.717) is 18.9 Å². The normalized spacial score (nSPS) is 21.7. The third-order valence-electron chi connectivity index (χ3n) is 11.6. The molecule has 4 nitrogen and oxygen atoms in total. The summed E-state index contributed by atoms with van der Waals surface area (Å²) >= 11 is 0. The predicted molar refractivity (Wildman–Crippen MR) is 234 cm³/mol. The highest BCUT2D eigenvalue weighted by atomic mass is 16.8. The number of allylic oxidation sites excluding steroid dienone is 8. The third-order valence-corrected chi connectivity index (χ3v) is 11.6. The van der Waals surface area contributed by atoms with Gasteiger partial charge >= 0.3 is 5.97 Å². The van der Waals surface area contributed by atoms with Gasteiger partial charge in [-0.2, -0.15) is 0 Å². The fourth-order valence-electron chi connectivity index (χ4n) is 8.12. The third kappa shape index (κ3) is 22.8. The largest absolute Gasteiger partial charge is 0.461 e. The first-order chi connectivity index (χ1) is 27.1. The van der Waals surface area contributed by atoms with Gasteiger partial charge in [-0.15, -0.1) is 0 Å². The number of ether oxygens (including phenoxy) is 3. The Hall–Kier alpha value is -2.43. The lowest BCUT2D eigenvalue weighted by Crippen LogP contribution is -2.36. The van der Waals surface area contributed by atoms with Crippen LogP contribution in [-0.2, 0) is 25.6 Å². The zero-order valence-corrected chi connectivity index (χ0v) is 35.6. The molecule has 0 amide bonds. The maximum absolute atomic E-state index is 12.6.